The molecule has 9 heteroatoms. The highest BCUT2D eigenvalue weighted by Crippen LogP contribution is 2.28. The SMILES string of the molecule is COCCN1[C@H](C)CN(C(=O)c2nn(CC(=O)N3CCN(c4cccc(C)c4C)CC3)c3c2CCC3)C[C@@H]1C. The maximum atomic E-state index is 13.7. The Balaban J connectivity index is 1.24. The van der Waals surface area contributed by atoms with E-state index in [9.17, 15) is 9.59 Å². The summed E-state index contributed by atoms with van der Waals surface area (Å²) in [5.74, 6) is 0.0902. The molecule has 0 unspecified atom stereocenters. The Labute approximate surface area is 232 Å². The van der Waals surface area contributed by atoms with Crippen LogP contribution in [0.4, 0.5) is 5.69 Å². The van der Waals surface area contributed by atoms with E-state index < -0.39 is 0 Å². The maximum Gasteiger partial charge on any atom is 0.274 e. The van der Waals surface area contributed by atoms with Crippen LogP contribution in [0.15, 0.2) is 18.2 Å². The smallest absolute Gasteiger partial charge is 0.274 e. The van der Waals surface area contributed by atoms with Crippen molar-refractivity contribution in [3.8, 4) is 0 Å². The first-order valence-corrected chi connectivity index (χ1v) is 14.5. The predicted octanol–water partition coefficient (Wildman–Crippen LogP) is 2.52. The third-order valence-electron chi connectivity index (χ3n) is 8.99. The second-order valence-corrected chi connectivity index (χ2v) is 11.5. The molecule has 0 radical (unpaired) electrons. The van der Waals surface area contributed by atoms with Gasteiger partial charge in [-0.2, -0.15) is 5.10 Å². The molecular weight excluding hydrogens is 492 g/mol. The predicted molar refractivity (Wildman–Crippen MR) is 152 cm³/mol. The fraction of sp³-hybridized carbons (Fsp3) is 0.633. The Hall–Kier alpha value is -2.91. The van der Waals surface area contributed by atoms with Crippen LogP contribution in [-0.2, 0) is 28.9 Å². The van der Waals surface area contributed by atoms with Gasteiger partial charge in [0.05, 0.1) is 6.61 Å². The minimum atomic E-state index is 0.00609. The quantitative estimate of drug-likeness (QED) is 0.542. The number of fused-ring (bicyclic) bond motifs is 1. The van der Waals surface area contributed by atoms with E-state index in [4.69, 9.17) is 9.84 Å². The molecule has 1 aliphatic carbocycles. The second kappa shape index (κ2) is 11.7. The van der Waals surface area contributed by atoms with Gasteiger partial charge in [-0.15, -0.1) is 0 Å². The van der Waals surface area contributed by atoms with Crippen LogP contribution >= 0.6 is 0 Å². The standard InChI is InChI=1S/C30H44N6O3/c1-21-8-6-10-26(24(21)4)32-12-14-33(15-13-32)28(37)20-36-27-11-7-9-25(27)29(31-36)30(38)34-18-22(2)35(16-17-39-5)23(3)19-34/h6,8,10,22-23H,7,9,11-20H2,1-5H3/t22-,23+. The van der Waals surface area contributed by atoms with Crippen molar-refractivity contribution in [2.24, 2.45) is 0 Å². The third kappa shape index (κ3) is 5.57. The van der Waals surface area contributed by atoms with Gasteiger partial charge in [0.25, 0.3) is 5.91 Å². The lowest BCUT2D eigenvalue weighted by molar-refractivity contribution is -0.132. The highest BCUT2D eigenvalue weighted by molar-refractivity contribution is 5.94. The molecule has 5 rings (SSSR count). The van der Waals surface area contributed by atoms with E-state index in [-0.39, 0.29) is 30.4 Å². The van der Waals surface area contributed by atoms with Gasteiger partial charge in [-0.3, -0.25) is 19.2 Å². The van der Waals surface area contributed by atoms with Gasteiger partial charge in [-0.1, -0.05) is 12.1 Å². The van der Waals surface area contributed by atoms with Gasteiger partial charge in [0.2, 0.25) is 5.91 Å². The zero-order valence-corrected chi connectivity index (χ0v) is 24.3. The van der Waals surface area contributed by atoms with Gasteiger partial charge in [-0.05, 0) is 64.2 Å². The molecule has 1 aromatic carbocycles. The summed E-state index contributed by atoms with van der Waals surface area (Å²) in [5.41, 5.74) is 6.54. The van der Waals surface area contributed by atoms with Crippen LogP contribution in [0, 0.1) is 13.8 Å². The molecule has 212 valence electrons. The van der Waals surface area contributed by atoms with Crippen molar-refractivity contribution in [2.75, 3.05) is 64.4 Å². The van der Waals surface area contributed by atoms with E-state index in [0.717, 1.165) is 50.2 Å². The van der Waals surface area contributed by atoms with Gasteiger partial charge in [-0.25, -0.2) is 0 Å². The average molecular weight is 537 g/mol. The molecule has 2 saturated heterocycles. The van der Waals surface area contributed by atoms with Gasteiger partial charge < -0.3 is 19.4 Å². The number of ether oxygens (including phenoxy) is 1. The molecule has 3 heterocycles. The number of nitrogens with zero attached hydrogens (tertiary/aromatic N) is 6. The van der Waals surface area contributed by atoms with Crippen LogP contribution in [0.25, 0.3) is 0 Å². The van der Waals surface area contributed by atoms with Crippen molar-refractivity contribution in [2.45, 2.75) is 65.6 Å². The first kappa shape index (κ1) is 27.6. The summed E-state index contributed by atoms with van der Waals surface area (Å²) in [4.78, 5) is 35.8. The topological polar surface area (TPSA) is 74.1 Å². The van der Waals surface area contributed by atoms with Crippen LogP contribution < -0.4 is 4.90 Å². The van der Waals surface area contributed by atoms with Gasteiger partial charge in [0, 0.05) is 82.0 Å². The van der Waals surface area contributed by atoms with Crippen molar-refractivity contribution in [3.05, 3.63) is 46.3 Å². The minimum Gasteiger partial charge on any atom is -0.383 e. The van der Waals surface area contributed by atoms with Crippen molar-refractivity contribution in [1.82, 2.24) is 24.5 Å². The van der Waals surface area contributed by atoms with E-state index in [1.165, 1.54) is 16.8 Å². The Morgan fingerprint density at radius 3 is 2.41 bits per heavy atom. The molecule has 0 bridgehead atoms. The Kier molecular flexibility index (Phi) is 8.28. The molecule has 2 aliphatic heterocycles. The fourth-order valence-corrected chi connectivity index (χ4v) is 6.62. The molecule has 0 saturated carbocycles. The number of amides is 2. The summed E-state index contributed by atoms with van der Waals surface area (Å²) in [6.07, 6.45) is 2.74. The number of hydrogen-bond acceptors (Lipinski definition) is 6. The number of hydrogen-bond donors (Lipinski definition) is 0. The number of piperazine rings is 2. The van der Waals surface area contributed by atoms with E-state index in [1.54, 1.807) is 7.11 Å². The average Bonchev–Trinajstić information content (AvgIpc) is 3.53. The normalized spacial score (nSPS) is 21.9. The molecule has 2 amide bonds. The van der Waals surface area contributed by atoms with Crippen LogP contribution in [-0.4, -0.2) is 108 Å². The van der Waals surface area contributed by atoms with E-state index >= 15 is 0 Å². The number of methoxy groups -OCH3 is 1. The van der Waals surface area contributed by atoms with E-state index in [2.05, 4.69) is 55.7 Å². The largest absolute Gasteiger partial charge is 0.383 e. The fourth-order valence-electron chi connectivity index (χ4n) is 6.62. The molecule has 9 nitrogen and oxygen atoms in total. The highest BCUT2D eigenvalue weighted by Gasteiger charge is 2.36. The van der Waals surface area contributed by atoms with Crippen LogP contribution in [0.1, 0.15) is 53.1 Å². The molecule has 0 spiro atoms. The molecule has 0 N–H and O–H groups in total. The van der Waals surface area contributed by atoms with Crippen molar-refractivity contribution in [3.63, 3.8) is 0 Å². The minimum absolute atomic E-state index is 0.00609. The number of benzene rings is 1. The number of carbonyl (C=O) groups is 2. The highest BCUT2D eigenvalue weighted by atomic mass is 16.5. The summed E-state index contributed by atoms with van der Waals surface area (Å²) in [5, 5.41) is 4.78. The second-order valence-electron chi connectivity index (χ2n) is 11.5. The third-order valence-corrected chi connectivity index (χ3v) is 8.99. The van der Waals surface area contributed by atoms with E-state index in [0.29, 0.717) is 38.5 Å². The molecule has 2 atom stereocenters. The summed E-state index contributed by atoms with van der Waals surface area (Å²) in [6, 6.07) is 6.93. The Morgan fingerprint density at radius 2 is 1.72 bits per heavy atom. The Morgan fingerprint density at radius 1 is 1.00 bits per heavy atom. The van der Waals surface area contributed by atoms with Crippen molar-refractivity contribution >= 4 is 17.5 Å². The molecule has 39 heavy (non-hydrogen) atoms. The molecule has 2 aromatic rings. The molecule has 1 aromatic heterocycles. The lowest BCUT2D eigenvalue weighted by Gasteiger charge is -2.44. The number of carbonyl (C=O) groups excluding carboxylic acids is 2. The molecule has 3 aliphatic rings. The van der Waals surface area contributed by atoms with Crippen LogP contribution in [0.3, 0.4) is 0 Å². The van der Waals surface area contributed by atoms with Gasteiger partial charge in [0.15, 0.2) is 5.69 Å². The van der Waals surface area contributed by atoms with Crippen LogP contribution in [0.5, 0.6) is 0 Å². The van der Waals surface area contributed by atoms with Crippen molar-refractivity contribution in [1.29, 1.82) is 0 Å². The first-order chi connectivity index (χ1) is 18.8. The summed E-state index contributed by atoms with van der Waals surface area (Å²) in [6.45, 7) is 14.8. The lowest BCUT2D eigenvalue weighted by Crippen LogP contribution is -2.58. The number of aromatic nitrogens is 2. The summed E-state index contributed by atoms with van der Waals surface area (Å²) >= 11 is 0. The summed E-state index contributed by atoms with van der Waals surface area (Å²) in [7, 11) is 1.73. The van der Waals surface area contributed by atoms with Gasteiger partial charge >= 0.3 is 0 Å². The number of anilines is 1. The van der Waals surface area contributed by atoms with Crippen LogP contribution in [0.2, 0.25) is 0 Å². The Bertz CT molecular complexity index is 1190. The van der Waals surface area contributed by atoms with Gasteiger partial charge in [0.1, 0.15) is 6.54 Å². The lowest BCUT2D eigenvalue weighted by atomic mass is 10.1. The van der Waals surface area contributed by atoms with Crippen molar-refractivity contribution < 1.29 is 14.3 Å². The number of rotatable bonds is 7. The zero-order chi connectivity index (χ0) is 27.7. The maximum absolute atomic E-state index is 13.7. The van der Waals surface area contributed by atoms with E-state index in [1.807, 2.05) is 14.5 Å². The zero-order valence-electron chi connectivity index (χ0n) is 24.3. The summed E-state index contributed by atoms with van der Waals surface area (Å²) < 4.78 is 7.11. The molecular formula is C30H44N6O3. The number of aryl methyl sites for hydroxylation is 1. The first-order valence-electron chi connectivity index (χ1n) is 14.5. The molecule has 2 fully saturated rings. The monoisotopic (exact) mass is 536 g/mol.